The molecule has 40 heavy (non-hydrogen) atoms. The number of ether oxygens (including phenoxy) is 1. The van der Waals surface area contributed by atoms with Gasteiger partial charge in [0, 0.05) is 41.5 Å². The number of halogens is 1. The fourth-order valence-electron chi connectivity index (χ4n) is 9.07. The highest BCUT2D eigenvalue weighted by atomic mass is 35.5. The summed E-state index contributed by atoms with van der Waals surface area (Å²) in [5, 5.41) is 26.2. The molecule has 2 N–H and O–H groups in total. The van der Waals surface area contributed by atoms with Gasteiger partial charge in [-0.2, -0.15) is 0 Å². The zero-order valence-corrected chi connectivity index (χ0v) is 23.4. The molecular weight excluding hydrogens is 520 g/mol. The fourth-order valence-corrected chi connectivity index (χ4v) is 9.29. The van der Waals surface area contributed by atoms with Gasteiger partial charge in [-0.25, -0.2) is 0 Å². The molecule has 0 amide bonds. The van der Waals surface area contributed by atoms with Crippen molar-refractivity contribution >= 4 is 22.5 Å². The third kappa shape index (κ3) is 2.86. The van der Waals surface area contributed by atoms with Gasteiger partial charge >= 0.3 is 0 Å². The SMILES string of the molecule is Cc1cccc2c3c(n(Cc4cccc(Cl)c4)c12)[C@@H]1Oc2c(O)ccc4c2[C@@]12CCN(CC1CC1)[C@@H](C4)[C@]2(O)C3. The van der Waals surface area contributed by atoms with E-state index in [-0.39, 0.29) is 17.9 Å². The molecule has 3 heterocycles. The molecule has 6 heteroatoms. The van der Waals surface area contributed by atoms with Crippen molar-refractivity contribution in [3.05, 3.63) is 93.1 Å². The Balaban J connectivity index is 1.33. The van der Waals surface area contributed by atoms with Gasteiger partial charge < -0.3 is 19.5 Å². The second-order valence-electron chi connectivity index (χ2n) is 13.0. The van der Waals surface area contributed by atoms with E-state index in [1.165, 1.54) is 40.4 Å². The van der Waals surface area contributed by atoms with Gasteiger partial charge in [0.05, 0.1) is 22.2 Å². The Morgan fingerprint density at radius 1 is 1.10 bits per heavy atom. The number of fused-ring (bicyclic) bond motifs is 4. The Kier molecular flexibility index (Phi) is 4.65. The van der Waals surface area contributed by atoms with Crippen molar-refractivity contribution in [1.82, 2.24) is 9.47 Å². The van der Waals surface area contributed by atoms with E-state index >= 15 is 0 Å². The highest BCUT2D eigenvalue weighted by molar-refractivity contribution is 6.30. The maximum Gasteiger partial charge on any atom is 0.166 e. The number of aromatic hydroxyl groups is 1. The molecular formula is C34H33ClN2O3. The van der Waals surface area contributed by atoms with Crippen LogP contribution in [0.15, 0.2) is 54.6 Å². The summed E-state index contributed by atoms with van der Waals surface area (Å²) in [6.45, 7) is 4.85. The monoisotopic (exact) mass is 552 g/mol. The van der Waals surface area contributed by atoms with Crippen molar-refractivity contribution in [3.8, 4) is 11.5 Å². The van der Waals surface area contributed by atoms with E-state index in [0.717, 1.165) is 53.7 Å². The summed E-state index contributed by atoms with van der Waals surface area (Å²) in [5.41, 5.74) is 6.58. The summed E-state index contributed by atoms with van der Waals surface area (Å²) in [6.07, 6.45) is 4.42. The predicted molar refractivity (Wildman–Crippen MR) is 155 cm³/mol. The van der Waals surface area contributed by atoms with Crippen LogP contribution in [0.3, 0.4) is 0 Å². The largest absolute Gasteiger partial charge is 0.504 e. The normalized spacial score (nSPS) is 29.8. The zero-order valence-electron chi connectivity index (χ0n) is 22.7. The lowest BCUT2D eigenvalue weighted by Gasteiger charge is -2.63. The van der Waals surface area contributed by atoms with Gasteiger partial charge in [-0.05, 0) is 85.5 Å². The number of phenols is 1. The van der Waals surface area contributed by atoms with E-state index < -0.39 is 11.0 Å². The molecule has 5 nitrogen and oxygen atoms in total. The lowest BCUT2D eigenvalue weighted by Crippen LogP contribution is -2.74. The van der Waals surface area contributed by atoms with E-state index in [1.54, 1.807) is 6.07 Å². The lowest BCUT2D eigenvalue weighted by molar-refractivity contribution is -0.173. The molecule has 1 saturated heterocycles. The van der Waals surface area contributed by atoms with E-state index in [9.17, 15) is 10.2 Å². The van der Waals surface area contributed by atoms with Crippen LogP contribution in [0.4, 0.5) is 0 Å². The third-order valence-electron chi connectivity index (χ3n) is 10.9. The quantitative estimate of drug-likeness (QED) is 0.323. The standard InChI is InChI=1S/C34H33ClN2O3/c1-19-4-2-7-24-25-16-34(39)27-15-22-10-11-26(38)31-28(22)33(34,12-13-36(27)17-20-8-9-20)32(40-31)30(25)37(29(19)24)18-21-5-3-6-23(35)14-21/h2-7,10-11,14,20,27,32,38-39H,8-9,12-13,15-18H2,1H3/t27-,32-,33-,34+/m0/s1. The number of nitrogens with zero attached hydrogens (tertiary/aromatic N) is 2. The molecule has 3 aromatic carbocycles. The van der Waals surface area contributed by atoms with Gasteiger partial charge in [0.25, 0.3) is 0 Å². The van der Waals surface area contributed by atoms with Crippen LogP contribution in [0.25, 0.3) is 10.9 Å². The minimum absolute atomic E-state index is 0.0280. The zero-order chi connectivity index (χ0) is 27.0. The van der Waals surface area contributed by atoms with Crippen molar-refractivity contribution in [2.45, 2.75) is 68.7 Å². The van der Waals surface area contributed by atoms with Crippen LogP contribution >= 0.6 is 11.6 Å². The summed E-state index contributed by atoms with van der Waals surface area (Å²) >= 11 is 6.43. The Labute approximate surface area is 238 Å². The first-order chi connectivity index (χ1) is 19.4. The summed E-state index contributed by atoms with van der Waals surface area (Å²) in [7, 11) is 0. The molecule has 2 aliphatic heterocycles. The molecule has 5 aliphatic rings. The van der Waals surface area contributed by atoms with Crippen LogP contribution in [0, 0.1) is 12.8 Å². The first kappa shape index (κ1) is 23.7. The average Bonchev–Trinajstić information content (AvgIpc) is 3.60. The van der Waals surface area contributed by atoms with Crippen molar-refractivity contribution in [1.29, 1.82) is 0 Å². The first-order valence-electron chi connectivity index (χ1n) is 14.7. The van der Waals surface area contributed by atoms with Crippen LogP contribution in [0.5, 0.6) is 11.5 Å². The number of hydrogen-bond donors (Lipinski definition) is 2. The number of hydrogen-bond acceptors (Lipinski definition) is 4. The van der Waals surface area contributed by atoms with Gasteiger partial charge in [-0.3, -0.25) is 4.90 Å². The molecule has 3 aliphatic carbocycles. The topological polar surface area (TPSA) is 57.9 Å². The second kappa shape index (κ2) is 7.84. The molecule has 4 atom stereocenters. The van der Waals surface area contributed by atoms with Crippen molar-refractivity contribution < 1.29 is 14.9 Å². The summed E-state index contributed by atoms with van der Waals surface area (Å²) in [6, 6.07) is 18.5. The first-order valence-corrected chi connectivity index (χ1v) is 15.1. The molecule has 204 valence electrons. The van der Waals surface area contributed by atoms with Crippen molar-refractivity contribution in [2.24, 2.45) is 5.92 Å². The molecule has 1 aromatic heterocycles. The maximum atomic E-state index is 13.2. The van der Waals surface area contributed by atoms with E-state index in [2.05, 4.69) is 46.7 Å². The van der Waals surface area contributed by atoms with Crippen LogP contribution in [-0.2, 0) is 24.8 Å². The maximum absolute atomic E-state index is 13.2. The third-order valence-corrected chi connectivity index (χ3v) is 11.1. The van der Waals surface area contributed by atoms with Gasteiger partial charge in [0.2, 0.25) is 0 Å². The van der Waals surface area contributed by atoms with E-state index in [0.29, 0.717) is 18.7 Å². The summed E-state index contributed by atoms with van der Waals surface area (Å²) in [5.74, 6) is 1.52. The molecule has 1 saturated carbocycles. The van der Waals surface area contributed by atoms with Crippen LogP contribution in [0.1, 0.15) is 58.9 Å². The molecule has 0 radical (unpaired) electrons. The van der Waals surface area contributed by atoms with Gasteiger partial charge in [0.15, 0.2) is 17.6 Å². The summed E-state index contributed by atoms with van der Waals surface area (Å²) < 4.78 is 9.35. The highest BCUT2D eigenvalue weighted by Gasteiger charge is 2.73. The fraction of sp³-hybridized carbons (Fsp3) is 0.412. The minimum Gasteiger partial charge on any atom is -0.504 e. The molecule has 4 aromatic rings. The number of piperidine rings is 1. The Hall–Kier alpha value is -2.99. The van der Waals surface area contributed by atoms with E-state index in [4.69, 9.17) is 16.3 Å². The highest BCUT2D eigenvalue weighted by Crippen LogP contribution is 2.69. The molecule has 1 spiro atoms. The lowest BCUT2D eigenvalue weighted by atomic mass is 9.49. The van der Waals surface area contributed by atoms with Crippen LogP contribution in [-0.4, -0.2) is 44.4 Å². The second-order valence-corrected chi connectivity index (χ2v) is 13.4. The number of rotatable bonds is 4. The predicted octanol–water partition coefficient (Wildman–Crippen LogP) is 6.06. The van der Waals surface area contributed by atoms with Crippen LogP contribution in [0.2, 0.25) is 5.02 Å². The van der Waals surface area contributed by atoms with Crippen molar-refractivity contribution in [3.63, 3.8) is 0 Å². The molecule has 9 rings (SSSR count). The Bertz CT molecular complexity index is 1740. The smallest absolute Gasteiger partial charge is 0.166 e. The number of aliphatic hydroxyl groups is 1. The Morgan fingerprint density at radius 2 is 1.95 bits per heavy atom. The number of aryl methyl sites for hydroxylation is 1. The van der Waals surface area contributed by atoms with Crippen molar-refractivity contribution in [2.75, 3.05) is 13.1 Å². The molecule has 2 fully saturated rings. The number of likely N-dealkylation sites (tertiary alicyclic amines) is 1. The number of aromatic nitrogens is 1. The van der Waals surface area contributed by atoms with E-state index in [1.807, 2.05) is 18.2 Å². The van der Waals surface area contributed by atoms with Gasteiger partial charge in [-0.15, -0.1) is 0 Å². The average molecular weight is 553 g/mol. The van der Waals surface area contributed by atoms with Gasteiger partial charge in [0.1, 0.15) is 0 Å². The number of para-hydroxylation sites is 1. The Morgan fingerprint density at radius 3 is 2.77 bits per heavy atom. The minimum atomic E-state index is -0.983. The number of phenolic OH excluding ortho intramolecular Hbond substituents is 1. The molecule has 0 unspecified atom stereocenters. The number of benzene rings is 3. The van der Waals surface area contributed by atoms with Gasteiger partial charge in [-0.1, -0.05) is 48.0 Å². The molecule has 2 bridgehead atoms. The van der Waals surface area contributed by atoms with Crippen LogP contribution < -0.4 is 4.74 Å². The summed E-state index contributed by atoms with van der Waals surface area (Å²) in [4.78, 5) is 2.59.